The summed E-state index contributed by atoms with van der Waals surface area (Å²) in [5, 5.41) is 8.32. The van der Waals surface area contributed by atoms with Gasteiger partial charge in [-0.25, -0.2) is 4.39 Å². The van der Waals surface area contributed by atoms with Crippen LogP contribution in [0.5, 0.6) is 11.5 Å². The molecule has 1 aromatic rings. The summed E-state index contributed by atoms with van der Waals surface area (Å²) in [7, 11) is 0. The van der Waals surface area contributed by atoms with Crippen LogP contribution in [-0.4, -0.2) is 19.9 Å². The van der Waals surface area contributed by atoms with Crippen LogP contribution in [0.1, 0.15) is 0 Å². The van der Waals surface area contributed by atoms with Crippen molar-refractivity contribution in [3.8, 4) is 17.6 Å². The van der Waals surface area contributed by atoms with Crippen molar-refractivity contribution in [3.63, 3.8) is 0 Å². The normalized spacial score (nSPS) is 9.14. The van der Waals surface area contributed by atoms with Gasteiger partial charge in [0, 0.05) is 0 Å². The molecule has 0 heterocycles. The second-order valence-electron chi connectivity index (χ2n) is 2.43. The Bertz CT molecular complexity index is 322. The molecule has 3 nitrogen and oxygen atoms in total. The first-order valence-corrected chi connectivity index (χ1v) is 4.16. The van der Waals surface area contributed by atoms with E-state index in [-0.39, 0.29) is 13.2 Å². The Balaban J connectivity index is 2.65. The minimum atomic E-state index is -0.549. The lowest BCUT2D eigenvalue weighted by Gasteiger charge is -2.08. The lowest BCUT2D eigenvalue weighted by Crippen LogP contribution is -2.02. The van der Waals surface area contributed by atoms with Crippen molar-refractivity contribution in [3.05, 3.63) is 24.3 Å². The topological polar surface area (TPSA) is 42.2 Å². The summed E-state index contributed by atoms with van der Waals surface area (Å²) in [4.78, 5) is 0. The monoisotopic (exact) mass is 195 g/mol. The highest BCUT2D eigenvalue weighted by atomic mass is 19.1. The van der Waals surface area contributed by atoms with Gasteiger partial charge < -0.3 is 9.47 Å². The summed E-state index contributed by atoms with van der Waals surface area (Å²) >= 11 is 0. The molecule has 0 unspecified atom stereocenters. The molecule has 0 saturated carbocycles. The summed E-state index contributed by atoms with van der Waals surface area (Å²) in [6, 6.07) is 8.70. The number of nitriles is 1. The van der Waals surface area contributed by atoms with Crippen LogP contribution < -0.4 is 9.47 Å². The van der Waals surface area contributed by atoms with Crippen LogP contribution in [0.3, 0.4) is 0 Å². The van der Waals surface area contributed by atoms with E-state index in [0.29, 0.717) is 11.5 Å². The third kappa shape index (κ3) is 2.94. The van der Waals surface area contributed by atoms with Gasteiger partial charge in [0.15, 0.2) is 18.1 Å². The van der Waals surface area contributed by atoms with Gasteiger partial charge in [0.1, 0.15) is 19.4 Å². The Kier molecular flexibility index (Phi) is 4.29. The zero-order valence-electron chi connectivity index (χ0n) is 7.57. The third-order valence-corrected chi connectivity index (χ3v) is 1.48. The van der Waals surface area contributed by atoms with Crippen LogP contribution in [0.25, 0.3) is 0 Å². The van der Waals surface area contributed by atoms with Crippen molar-refractivity contribution in [2.75, 3.05) is 19.9 Å². The average molecular weight is 195 g/mol. The van der Waals surface area contributed by atoms with Crippen molar-refractivity contribution >= 4 is 0 Å². The maximum absolute atomic E-state index is 11.8. The summed E-state index contributed by atoms with van der Waals surface area (Å²) in [6.45, 7) is -0.602. The number of halogens is 1. The van der Waals surface area contributed by atoms with Gasteiger partial charge in [-0.2, -0.15) is 5.26 Å². The van der Waals surface area contributed by atoms with Gasteiger partial charge >= 0.3 is 0 Å². The van der Waals surface area contributed by atoms with E-state index >= 15 is 0 Å². The van der Waals surface area contributed by atoms with E-state index in [9.17, 15) is 4.39 Å². The maximum Gasteiger partial charge on any atom is 0.174 e. The Morgan fingerprint density at radius 3 is 2.43 bits per heavy atom. The fraction of sp³-hybridized carbons (Fsp3) is 0.300. The van der Waals surface area contributed by atoms with Gasteiger partial charge in [0.2, 0.25) is 0 Å². The van der Waals surface area contributed by atoms with Crippen molar-refractivity contribution in [2.45, 2.75) is 0 Å². The fourth-order valence-electron chi connectivity index (χ4n) is 0.947. The van der Waals surface area contributed by atoms with Gasteiger partial charge in [-0.15, -0.1) is 0 Å². The number of rotatable bonds is 5. The molecule has 0 N–H and O–H groups in total. The first kappa shape index (κ1) is 10.3. The molecule has 0 aliphatic rings. The second-order valence-corrected chi connectivity index (χ2v) is 2.43. The number of nitrogens with zero attached hydrogens (tertiary/aromatic N) is 1. The molecule has 14 heavy (non-hydrogen) atoms. The van der Waals surface area contributed by atoms with E-state index in [1.807, 2.05) is 6.07 Å². The molecule has 0 aliphatic carbocycles. The molecular formula is C10H10FNO2. The lowest BCUT2D eigenvalue weighted by atomic mass is 10.3. The highest BCUT2D eigenvalue weighted by molar-refractivity contribution is 5.39. The zero-order chi connectivity index (χ0) is 10.2. The first-order chi connectivity index (χ1) is 6.88. The molecule has 0 saturated heterocycles. The van der Waals surface area contributed by atoms with E-state index in [4.69, 9.17) is 14.7 Å². The molecule has 0 atom stereocenters. The number of hydrogen-bond acceptors (Lipinski definition) is 3. The van der Waals surface area contributed by atoms with E-state index in [1.165, 1.54) is 0 Å². The molecule has 1 rings (SSSR count). The van der Waals surface area contributed by atoms with E-state index in [2.05, 4.69) is 0 Å². The summed E-state index contributed by atoms with van der Waals surface area (Å²) < 4.78 is 22.0. The molecule has 0 radical (unpaired) electrons. The van der Waals surface area contributed by atoms with E-state index in [0.717, 1.165) is 0 Å². The van der Waals surface area contributed by atoms with E-state index < -0.39 is 6.67 Å². The molecule has 0 bridgehead atoms. The number of ether oxygens (including phenoxy) is 2. The SMILES string of the molecule is N#CCOc1ccccc1OCCF. The first-order valence-electron chi connectivity index (χ1n) is 4.16. The van der Waals surface area contributed by atoms with Gasteiger partial charge in [-0.1, -0.05) is 12.1 Å². The molecular weight excluding hydrogens is 185 g/mol. The molecule has 0 amide bonds. The predicted molar refractivity (Wildman–Crippen MR) is 49.0 cm³/mol. The van der Waals surface area contributed by atoms with E-state index in [1.54, 1.807) is 24.3 Å². The van der Waals surface area contributed by atoms with Crippen LogP contribution in [-0.2, 0) is 0 Å². The van der Waals surface area contributed by atoms with Crippen molar-refractivity contribution in [2.24, 2.45) is 0 Å². The van der Waals surface area contributed by atoms with Gasteiger partial charge in [0.05, 0.1) is 0 Å². The summed E-state index contributed by atoms with van der Waals surface area (Å²) in [5.41, 5.74) is 0. The molecule has 74 valence electrons. The quantitative estimate of drug-likeness (QED) is 0.721. The van der Waals surface area contributed by atoms with Crippen LogP contribution in [0.2, 0.25) is 0 Å². The van der Waals surface area contributed by atoms with Crippen LogP contribution in [0, 0.1) is 11.3 Å². The second kappa shape index (κ2) is 5.81. The maximum atomic E-state index is 11.8. The highest BCUT2D eigenvalue weighted by Crippen LogP contribution is 2.25. The molecule has 4 heteroatoms. The van der Waals surface area contributed by atoms with Gasteiger partial charge in [-0.3, -0.25) is 0 Å². The largest absolute Gasteiger partial charge is 0.487 e. The predicted octanol–water partition coefficient (Wildman–Crippen LogP) is 1.94. The number of hydrogen-bond donors (Lipinski definition) is 0. The molecule has 1 aromatic carbocycles. The number of para-hydroxylation sites is 2. The molecule has 0 spiro atoms. The Hall–Kier alpha value is -1.76. The van der Waals surface area contributed by atoms with Crippen LogP contribution >= 0.6 is 0 Å². The number of alkyl halides is 1. The van der Waals surface area contributed by atoms with Gasteiger partial charge in [-0.05, 0) is 12.1 Å². The van der Waals surface area contributed by atoms with Crippen molar-refractivity contribution in [1.82, 2.24) is 0 Å². The smallest absolute Gasteiger partial charge is 0.174 e. The average Bonchev–Trinajstić information content (AvgIpc) is 2.24. The Labute approximate surface area is 81.7 Å². The lowest BCUT2D eigenvalue weighted by molar-refractivity contribution is 0.255. The molecule has 0 aromatic heterocycles. The third-order valence-electron chi connectivity index (χ3n) is 1.48. The van der Waals surface area contributed by atoms with Crippen LogP contribution in [0.15, 0.2) is 24.3 Å². The fourth-order valence-corrected chi connectivity index (χ4v) is 0.947. The minimum Gasteiger partial charge on any atom is -0.487 e. The summed E-state index contributed by atoms with van der Waals surface area (Å²) in [5.74, 6) is 0.919. The zero-order valence-corrected chi connectivity index (χ0v) is 7.57. The Morgan fingerprint density at radius 2 is 1.86 bits per heavy atom. The van der Waals surface area contributed by atoms with Crippen molar-refractivity contribution < 1.29 is 13.9 Å². The highest BCUT2D eigenvalue weighted by Gasteiger charge is 2.02. The van der Waals surface area contributed by atoms with Gasteiger partial charge in [0.25, 0.3) is 0 Å². The standard InChI is InChI=1S/C10H10FNO2/c11-5-7-13-9-3-1-2-4-10(9)14-8-6-12/h1-4H,5,7-8H2. The Morgan fingerprint density at radius 1 is 1.21 bits per heavy atom. The van der Waals surface area contributed by atoms with Crippen molar-refractivity contribution in [1.29, 1.82) is 5.26 Å². The van der Waals surface area contributed by atoms with Crippen LogP contribution in [0.4, 0.5) is 4.39 Å². The molecule has 0 fully saturated rings. The minimum absolute atomic E-state index is 0.00702. The molecule has 0 aliphatic heterocycles. The number of benzene rings is 1. The summed E-state index contributed by atoms with van der Waals surface area (Å²) in [6.07, 6.45) is 0.